The number of ether oxygens (including phenoxy) is 2. The molecule has 3 rings (SSSR count). The van der Waals surface area contributed by atoms with Gasteiger partial charge in [0.15, 0.2) is 0 Å². The lowest BCUT2D eigenvalue weighted by Gasteiger charge is -2.39. The van der Waals surface area contributed by atoms with Gasteiger partial charge in [-0.1, -0.05) is 29.8 Å². The van der Waals surface area contributed by atoms with Crippen LogP contribution in [0.3, 0.4) is 0 Å². The first-order valence-corrected chi connectivity index (χ1v) is 10.4. The minimum absolute atomic E-state index is 0.00658. The van der Waals surface area contributed by atoms with Crippen LogP contribution in [0.15, 0.2) is 24.3 Å². The molecule has 6 nitrogen and oxygen atoms in total. The molecule has 154 valence electrons. The molecule has 0 bridgehead atoms. The standard InChI is InChI=1S/C21H29ClN2O4/c1-15(2)28-20(26)24-11-7-16(8-12-24)23-19(25)21(9-13-27-14-10-21)17-5-3-4-6-18(17)22/h3-6,15-16H,7-14H2,1-2H3,(H,23,25). The Balaban J connectivity index is 1.66. The van der Waals surface area contributed by atoms with Crippen molar-refractivity contribution in [3.8, 4) is 0 Å². The molecule has 2 heterocycles. The summed E-state index contributed by atoms with van der Waals surface area (Å²) in [6.07, 6.45) is 2.25. The van der Waals surface area contributed by atoms with Gasteiger partial charge in [0.2, 0.25) is 5.91 Å². The van der Waals surface area contributed by atoms with Crippen molar-refractivity contribution in [2.24, 2.45) is 0 Å². The van der Waals surface area contributed by atoms with Gasteiger partial charge in [0.05, 0.1) is 11.5 Å². The van der Waals surface area contributed by atoms with Crippen molar-refractivity contribution in [2.75, 3.05) is 26.3 Å². The third-order valence-corrected chi connectivity index (χ3v) is 5.92. The van der Waals surface area contributed by atoms with Crippen molar-refractivity contribution in [3.05, 3.63) is 34.9 Å². The third kappa shape index (κ3) is 4.61. The lowest BCUT2D eigenvalue weighted by atomic mass is 9.73. The fourth-order valence-corrected chi connectivity index (χ4v) is 4.31. The van der Waals surface area contributed by atoms with E-state index >= 15 is 0 Å². The first kappa shape index (κ1) is 20.9. The van der Waals surface area contributed by atoms with E-state index in [4.69, 9.17) is 21.1 Å². The summed E-state index contributed by atoms with van der Waals surface area (Å²) in [5, 5.41) is 3.84. The summed E-state index contributed by atoms with van der Waals surface area (Å²) in [6, 6.07) is 7.61. The van der Waals surface area contributed by atoms with Crippen LogP contribution in [0.1, 0.15) is 45.1 Å². The number of amides is 2. The number of halogens is 1. The molecule has 0 radical (unpaired) electrons. The molecule has 2 aliphatic rings. The van der Waals surface area contributed by atoms with Crippen molar-refractivity contribution in [3.63, 3.8) is 0 Å². The van der Waals surface area contributed by atoms with Gasteiger partial charge in [-0.2, -0.15) is 0 Å². The molecule has 0 unspecified atom stereocenters. The van der Waals surface area contributed by atoms with E-state index in [1.165, 1.54) is 0 Å². The van der Waals surface area contributed by atoms with Crippen LogP contribution in [-0.4, -0.2) is 55.3 Å². The number of piperidine rings is 1. The van der Waals surface area contributed by atoms with E-state index in [0.29, 0.717) is 57.0 Å². The topological polar surface area (TPSA) is 67.9 Å². The summed E-state index contributed by atoms with van der Waals surface area (Å²) in [7, 11) is 0. The number of carbonyl (C=O) groups is 2. The molecule has 0 saturated carbocycles. The predicted molar refractivity (Wildman–Crippen MR) is 108 cm³/mol. The molecule has 2 saturated heterocycles. The molecule has 1 aromatic rings. The molecule has 2 aliphatic heterocycles. The highest BCUT2D eigenvalue weighted by molar-refractivity contribution is 6.31. The lowest BCUT2D eigenvalue weighted by molar-refractivity contribution is -0.131. The van der Waals surface area contributed by atoms with E-state index in [-0.39, 0.29) is 24.1 Å². The van der Waals surface area contributed by atoms with Crippen molar-refractivity contribution in [1.82, 2.24) is 10.2 Å². The van der Waals surface area contributed by atoms with Gasteiger partial charge >= 0.3 is 6.09 Å². The van der Waals surface area contributed by atoms with Crippen molar-refractivity contribution in [2.45, 2.75) is 57.1 Å². The van der Waals surface area contributed by atoms with Crippen LogP contribution >= 0.6 is 11.6 Å². The second-order valence-corrected chi connectivity index (χ2v) is 8.25. The van der Waals surface area contributed by atoms with Crippen molar-refractivity contribution >= 4 is 23.6 Å². The molecule has 0 aromatic heterocycles. The maximum atomic E-state index is 13.4. The van der Waals surface area contributed by atoms with E-state index in [2.05, 4.69) is 5.32 Å². The maximum absolute atomic E-state index is 13.4. The zero-order chi connectivity index (χ0) is 20.1. The highest BCUT2D eigenvalue weighted by Crippen LogP contribution is 2.39. The molecule has 0 spiro atoms. The second kappa shape index (κ2) is 9.14. The van der Waals surface area contributed by atoms with Gasteiger partial charge in [-0.3, -0.25) is 4.79 Å². The van der Waals surface area contributed by atoms with Crippen LogP contribution in [0.4, 0.5) is 4.79 Å². The van der Waals surface area contributed by atoms with Crippen LogP contribution in [0.2, 0.25) is 5.02 Å². The molecular weight excluding hydrogens is 380 g/mol. The largest absolute Gasteiger partial charge is 0.447 e. The molecule has 2 fully saturated rings. The highest BCUT2D eigenvalue weighted by Gasteiger charge is 2.43. The molecule has 28 heavy (non-hydrogen) atoms. The second-order valence-electron chi connectivity index (χ2n) is 7.84. The van der Waals surface area contributed by atoms with Gasteiger partial charge in [-0.25, -0.2) is 4.79 Å². The molecular formula is C21H29ClN2O4. The molecule has 1 N–H and O–H groups in total. The van der Waals surface area contributed by atoms with Crippen LogP contribution < -0.4 is 5.32 Å². The number of benzene rings is 1. The minimum Gasteiger partial charge on any atom is -0.447 e. The van der Waals surface area contributed by atoms with Gasteiger partial charge in [-0.05, 0) is 51.2 Å². The molecule has 0 aliphatic carbocycles. The predicted octanol–water partition coefficient (Wildman–Crippen LogP) is 3.51. The summed E-state index contributed by atoms with van der Waals surface area (Å²) < 4.78 is 10.8. The average molecular weight is 409 g/mol. The van der Waals surface area contributed by atoms with Crippen molar-refractivity contribution in [1.29, 1.82) is 0 Å². The first-order valence-electron chi connectivity index (χ1n) is 10.0. The van der Waals surface area contributed by atoms with Crippen LogP contribution in [0.5, 0.6) is 0 Å². The fraction of sp³-hybridized carbons (Fsp3) is 0.619. The van der Waals surface area contributed by atoms with Crippen LogP contribution in [0.25, 0.3) is 0 Å². The molecule has 7 heteroatoms. The lowest BCUT2D eigenvalue weighted by Crippen LogP contribution is -2.54. The molecule has 1 aromatic carbocycles. The Kier molecular flexibility index (Phi) is 6.83. The highest BCUT2D eigenvalue weighted by atomic mass is 35.5. The Bertz CT molecular complexity index is 695. The van der Waals surface area contributed by atoms with Crippen LogP contribution in [-0.2, 0) is 19.7 Å². The number of rotatable bonds is 4. The Morgan fingerprint density at radius 2 is 1.86 bits per heavy atom. The number of hydrogen-bond donors (Lipinski definition) is 1. The third-order valence-electron chi connectivity index (χ3n) is 5.60. The number of nitrogens with one attached hydrogen (secondary N) is 1. The van der Waals surface area contributed by atoms with E-state index in [1.807, 2.05) is 38.1 Å². The Hall–Kier alpha value is -1.79. The Labute approximate surface area is 171 Å². The zero-order valence-corrected chi connectivity index (χ0v) is 17.3. The first-order chi connectivity index (χ1) is 13.4. The van der Waals surface area contributed by atoms with E-state index in [0.717, 1.165) is 5.56 Å². The smallest absolute Gasteiger partial charge is 0.410 e. The number of hydrogen-bond acceptors (Lipinski definition) is 4. The fourth-order valence-electron chi connectivity index (χ4n) is 3.99. The number of likely N-dealkylation sites (tertiary alicyclic amines) is 1. The van der Waals surface area contributed by atoms with E-state index in [1.54, 1.807) is 4.90 Å². The quantitative estimate of drug-likeness (QED) is 0.827. The van der Waals surface area contributed by atoms with Gasteiger partial charge < -0.3 is 19.7 Å². The van der Waals surface area contributed by atoms with Gasteiger partial charge in [0.1, 0.15) is 0 Å². The number of nitrogens with zero attached hydrogens (tertiary/aromatic N) is 1. The zero-order valence-electron chi connectivity index (χ0n) is 16.6. The average Bonchev–Trinajstić information content (AvgIpc) is 2.69. The summed E-state index contributed by atoms with van der Waals surface area (Å²) >= 11 is 6.45. The van der Waals surface area contributed by atoms with Gasteiger partial charge in [0.25, 0.3) is 0 Å². The van der Waals surface area contributed by atoms with E-state index in [9.17, 15) is 9.59 Å². The van der Waals surface area contributed by atoms with Crippen LogP contribution in [0, 0.1) is 0 Å². The maximum Gasteiger partial charge on any atom is 0.410 e. The minimum atomic E-state index is -0.662. The monoisotopic (exact) mass is 408 g/mol. The molecule has 2 amide bonds. The summed E-state index contributed by atoms with van der Waals surface area (Å²) in [5.41, 5.74) is 0.208. The molecule has 0 atom stereocenters. The van der Waals surface area contributed by atoms with Crippen molar-refractivity contribution < 1.29 is 19.1 Å². The SMILES string of the molecule is CC(C)OC(=O)N1CCC(NC(=O)C2(c3ccccc3Cl)CCOCC2)CC1. The Morgan fingerprint density at radius 1 is 1.21 bits per heavy atom. The van der Waals surface area contributed by atoms with Gasteiger partial charge in [0, 0.05) is 37.4 Å². The van der Waals surface area contributed by atoms with E-state index < -0.39 is 5.41 Å². The summed E-state index contributed by atoms with van der Waals surface area (Å²) in [6.45, 7) is 5.92. The summed E-state index contributed by atoms with van der Waals surface area (Å²) in [4.78, 5) is 27.1. The van der Waals surface area contributed by atoms with Gasteiger partial charge in [-0.15, -0.1) is 0 Å². The Morgan fingerprint density at radius 3 is 2.46 bits per heavy atom. The normalized spacial score (nSPS) is 20.1. The number of carbonyl (C=O) groups excluding carboxylic acids is 2. The summed E-state index contributed by atoms with van der Waals surface area (Å²) in [5.74, 6) is 0.00658.